The van der Waals surface area contributed by atoms with Gasteiger partial charge in [0.05, 0.1) is 5.56 Å². The molecule has 0 unspecified atom stereocenters. The smallest absolute Gasteiger partial charge is 0.399 e. The van der Waals surface area contributed by atoms with E-state index in [0.29, 0.717) is 11.0 Å². The third-order valence-electron chi connectivity index (χ3n) is 3.96. The van der Waals surface area contributed by atoms with E-state index >= 15 is 0 Å². The highest BCUT2D eigenvalue weighted by Gasteiger charge is 2.35. The maximum absolute atomic E-state index is 13.4. The van der Waals surface area contributed by atoms with Crippen LogP contribution in [0, 0.1) is 0 Å². The van der Waals surface area contributed by atoms with Crippen LogP contribution in [-0.2, 0) is 13.2 Å². The van der Waals surface area contributed by atoms with Crippen molar-refractivity contribution < 1.29 is 13.2 Å². The van der Waals surface area contributed by atoms with Gasteiger partial charge in [-0.2, -0.15) is 13.2 Å². The molecule has 26 heavy (non-hydrogen) atoms. The van der Waals surface area contributed by atoms with Crippen LogP contribution in [0.1, 0.15) is 5.56 Å². The molecular formula is C17H15ClF3N5. The summed E-state index contributed by atoms with van der Waals surface area (Å²) in [6.45, 7) is 0. The quantitative estimate of drug-likeness (QED) is 0.678. The number of nitrogens with two attached hydrogens (primary N) is 1. The molecule has 2 aromatic carbocycles. The second-order valence-electron chi connectivity index (χ2n) is 5.72. The largest absolute Gasteiger partial charge is 0.417 e. The minimum Gasteiger partial charge on any atom is -0.399 e. The van der Waals surface area contributed by atoms with E-state index in [2.05, 4.69) is 10.2 Å². The first-order valence-electron chi connectivity index (χ1n) is 7.54. The minimum absolute atomic E-state index is 0.0294. The number of benzene rings is 2. The lowest BCUT2D eigenvalue weighted by atomic mass is 10.1. The van der Waals surface area contributed by atoms with Gasteiger partial charge in [0.25, 0.3) is 0 Å². The van der Waals surface area contributed by atoms with Gasteiger partial charge in [-0.3, -0.25) is 4.57 Å². The summed E-state index contributed by atoms with van der Waals surface area (Å²) in [6.07, 6.45) is -4.56. The van der Waals surface area contributed by atoms with Crippen LogP contribution in [-0.4, -0.2) is 21.8 Å². The van der Waals surface area contributed by atoms with Gasteiger partial charge < -0.3 is 10.6 Å². The second-order valence-corrected chi connectivity index (χ2v) is 6.16. The molecule has 0 aliphatic heterocycles. The zero-order chi connectivity index (χ0) is 19.1. The van der Waals surface area contributed by atoms with Crippen molar-refractivity contribution in [2.75, 3.05) is 17.7 Å². The van der Waals surface area contributed by atoms with Crippen molar-refractivity contribution in [3.8, 4) is 11.4 Å². The van der Waals surface area contributed by atoms with Crippen LogP contribution in [0.15, 0.2) is 42.5 Å². The Bertz CT molecular complexity index is 935. The average Bonchev–Trinajstić information content (AvgIpc) is 2.95. The second kappa shape index (κ2) is 6.53. The molecule has 9 heteroatoms. The van der Waals surface area contributed by atoms with Crippen molar-refractivity contribution in [3.05, 3.63) is 53.1 Å². The number of halogens is 4. The first-order valence-corrected chi connectivity index (χ1v) is 7.92. The molecule has 0 atom stereocenters. The van der Waals surface area contributed by atoms with E-state index in [1.165, 1.54) is 16.7 Å². The van der Waals surface area contributed by atoms with E-state index in [1.807, 2.05) is 0 Å². The summed E-state index contributed by atoms with van der Waals surface area (Å²) < 4.78 is 41.6. The van der Waals surface area contributed by atoms with Crippen molar-refractivity contribution in [2.24, 2.45) is 7.05 Å². The number of alkyl halides is 3. The lowest BCUT2D eigenvalue weighted by Crippen LogP contribution is -2.15. The Morgan fingerprint density at radius 2 is 1.73 bits per heavy atom. The van der Waals surface area contributed by atoms with Crippen LogP contribution in [0.2, 0.25) is 5.02 Å². The number of nitrogen functional groups attached to an aromatic ring is 1. The van der Waals surface area contributed by atoms with E-state index in [0.717, 1.165) is 11.8 Å². The molecule has 0 aliphatic carbocycles. The summed E-state index contributed by atoms with van der Waals surface area (Å²) in [7, 11) is 3.35. The summed E-state index contributed by atoms with van der Waals surface area (Å²) in [5.74, 6) is 0.473. The van der Waals surface area contributed by atoms with Gasteiger partial charge in [0.1, 0.15) is 0 Å². The highest BCUT2D eigenvalue weighted by Crippen LogP contribution is 2.38. The number of hydrogen-bond acceptors (Lipinski definition) is 4. The molecule has 0 amide bonds. The van der Waals surface area contributed by atoms with Crippen molar-refractivity contribution in [1.29, 1.82) is 0 Å². The molecule has 0 saturated carbocycles. The Morgan fingerprint density at radius 1 is 1.08 bits per heavy atom. The highest BCUT2D eigenvalue weighted by molar-refractivity contribution is 6.30. The number of rotatable bonds is 3. The predicted molar refractivity (Wildman–Crippen MR) is 95.4 cm³/mol. The Morgan fingerprint density at radius 3 is 2.35 bits per heavy atom. The fourth-order valence-electron chi connectivity index (χ4n) is 2.62. The summed E-state index contributed by atoms with van der Waals surface area (Å²) in [5, 5.41) is 8.58. The summed E-state index contributed by atoms with van der Waals surface area (Å²) >= 11 is 5.88. The molecule has 1 heterocycles. The van der Waals surface area contributed by atoms with Crippen LogP contribution < -0.4 is 10.6 Å². The zero-order valence-electron chi connectivity index (χ0n) is 13.9. The Balaban J connectivity index is 2.07. The molecule has 136 valence electrons. The molecule has 1 aromatic heterocycles. The number of aromatic nitrogens is 3. The van der Waals surface area contributed by atoms with E-state index in [1.54, 1.807) is 43.3 Å². The van der Waals surface area contributed by atoms with Gasteiger partial charge in [-0.25, -0.2) is 0 Å². The van der Waals surface area contributed by atoms with E-state index in [-0.39, 0.29) is 17.1 Å². The molecular weight excluding hydrogens is 367 g/mol. The van der Waals surface area contributed by atoms with Crippen LogP contribution in [0.3, 0.4) is 0 Å². The topological polar surface area (TPSA) is 60.0 Å². The van der Waals surface area contributed by atoms with E-state index in [4.69, 9.17) is 17.3 Å². The SMILES string of the molecule is CN(c1ccc(Cl)cc1)c1nnc(-c2ccc(N)cc2C(F)(F)F)n1C. The Hall–Kier alpha value is -2.74. The highest BCUT2D eigenvalue weighted by atomic mass is 35.5. The lowest BCUT2D eigenvalue weighted by Gasteiger charge is -2.18. The Labute approximate surface area is 152 Å². The number of anilines is 3. The molecule has 0 saturated heterocycles. The fourth-order valence-corrected chi connectivity index (χ4v) is 2.75. The third kappa shape index (κ3) is 3.32. The lowest BCUT2D eigenvalue weighted by molar-refractivity contribution is -0.137. The van der Waals surface area contributed by atoms with Crippen LogP contribution >= 0.6 is 11.6 Å². The number of nitrogens with zero attached hydrogens (tertiary/aromatic N) is 4. The number of hydrogen-bond donors (Lipinski definition) is 1. The summed E-state index contributed by atoms with van der Waals surface area (Å²) in [6, 6.07) is 10.6. The van der Waals surface area contributed by atoms with Gasteiger partial charge in [0.2, 0.25) is 5.95 Å². The maximum atomic E-state index is 13.4. The standard InChI is InChI=1S/C17H15ClF3N5/c1-25(12-6-3-10(18)4-7-12)16-24-23-15(26(16)2)13-8-5-11(22)9-14(13)17(19,20)21/h3-9H,22H2,1-2H3. The van der Waals surface area contributed by atoms with Gasteiger partial charge in [-0.15, -0.1) is 10.2 Å². The van der Waals surface area contributed by atoms with E-state index < -0.39 is 11.7 Å². The molecule has 0 spiro atoms. The van der Waals surface area contributed by atoms with Crippen LogP contribution in [0.5, 0.6) is 0 Å². The molecule has 0 aliphatic rings. The fraction of sp³-hybridized carbons (Fsp3) is 0.176. The van der Waals surface area contributed by atoms with Gasteiger partial charge in [0, 0.05) is 36.1 Å². The molecule has 3 aromatic rings. The van der Waals surface area contributed by atoms with Crippen molar-refractivity contribution in [1.82, 2.24) is 14.8 Å². The molecule has 0 radical (unpaired) electrons. The molecule has 2 N–H and O–H groups in total. The maximum Gasteiger partial charge on any atom is 0.417 e. The molecule has 0 fully saturated rings. The molecule has 0 bridgehead atoms. The molecule has 5 nitrogen and oxygen atoms in total. The first kappa shape index (κ1) is 18.1. The monoisotopic (exact) mass is 381 g/mol. The van der Waals surface area contributed by atoms with Crippen LogP contribution in [0.25, 0.3) is 11.4 Å². The van der Waals surface area contributed by atoms with Crippen molar-refractivity contribution in [2.45, 2.75) is 6.18 Å². The van der Waals surface area contributed by atoms with Gasteiger partial charge >= 0.3 is 6.18 Å². The van der Waals surface area contributed by atoms with E-state index in [9.17, 15) is 13.2 Å². The summed E-state index contributed by atoms with van der Waals surface area (Å²) in [4.78, 5) is 1.71. The van der Waals surface area contributed by atoms with Crippen molar-refractivity contribution >= 4 is 28.9 Å². The average molecular weight is 382 g/mol. The normalized spacial score (nSPS) is 11.6. The Kier molecular flexibility index (Phi) is 4.53. The third-order valence-corrected chi connectivity index (χ3v) is 4.21. The van der Waals surface area contributed by atoms with Crippen molar-refractivity contribution in [3.63, 3.8) is 0 Å². The minimum atomic E-state index is -4.56. The van der Waals surface area contributed by atoms with Crippen LogP contribution in [0.4, 0.5) is 30.5 Å². The summed E-state index contributed by atoms with van der Waals surface area (Å²) in [5.41, 5.74) is 5.38. The van der Waals surface area contributed by atoms with Gasteiger partial charge in [-0.05, 0) is 42.5 Å². The zero-order valence-corrected chi connectivity index (χ0v) is 14.7. The predicted octanol–water partition coefficient (Wildman–Crippen LogP) is 4.50. The first-order chi connectivity index (χ1) is 12.2. The molecule has 3 rings (SSSR count). The van der Waals surface area contributed by atoms with Gasteiger partial charge in [0.15, 0.2) is 5.82 Å². The van der Waals surface area contributed by atoms with Gasteiger partial charge in [-0.1, -0.05) is 11.6 Å².